The molecule has 2 heterocycles. The van der Waals surface area contributed by atoms with Crippen LogP contribution < -0.4 is 0 Å². The smallest absolute Gasteiger partial charge is 0.257 e. The van der Waals surface area contributed by atoms with E-state index in [4.69, 9.17) is 4.52 Å². The predicted molar refractivity (Wildman–Crippen MR) is 98.7 cm³/mol. The van der Waals surface area contributed by atoms with Gasteiger partial charge in [0.05, 0.1) is 0 Å². The van der Waals surface area contributed by atoms with Gasteiger partial charge >= 0.3 is 0 Å². The van der Waals surface area contributed by atoms with E-state index in [0.717, 1.165) is 12.8 Å². The maximum atomic E-state index is 13.3. The molecule has 0 spiro atoms. The molecule has 4 rings (SSSR count). The van der Waals surface area contributed by atoms with Crippen LogP contribution in [0.2, 0.25) is 0 Å². The van der Waals surface area contributed by atoms with Gasteiger partial charge in [-0.2, -0.15) is 4.98 Å². The van der Waals surface area contributed by atoms with E-state index in [2.05, 4.69) is 10.1 Å². The van der Waals surface area contributed by atoms with Gasteiger partial charge in [0.15, 0.2) is 5.82 Å². The maximum absolute atomic E-state index is 13.3. The van der Waals surface area contributed by atoms with Gasteiger partial charge in [0.25, 0.3) is 11.8 Å². The van der Waals surface area contributed by atoms with E-state index in [-0.39, 0.29) is 23.5 Å². The molecular weight excluding hydrogens is 364 g/mol. The zero-order valence-corrected chi connectivity index (χ0v) is 15.4. The van der Waals surface area contributed by atoms with Crippen LogP contribution in [0.5, 0.6) is 0 Å². The van der Waals surface area contributed by atoms with Crippen LogP contribution in [0, 0.1) is 18.6 Å². The van der Waals surface area contributed by atoms with Gasteiger partial charge in [-0.3, -0.25) is 4.79 Å². The molecule has 28 heavy (non-hydrogen) atoms. The van der Waals surface area contributed by atoms with Gasteiger partial charge in [-0.25, -0.2) is 8.78 Å². The lowest BCUT2D eigenvalue weighted by Gasteiger charge is -2.31. The summed E-state index contributed by atoms with van der Waals surface area (Å²) in [6.45, 7) is 2.83. The van der Waals surface area contributed by atoms with Gasteiger partial charge in [0, 0.05) is 30.1 Å². The molecule has 144 valence electrons. The molecule has 3 aromatic rings. The number of halogens is 2. The summed E-state index contributed by atoms with van der Waals surface area (Å²) in [7, 11) is 0. The minimum absolute atomic E-state index is 0.0450. The van der Waals surface area contributed by atoms with Gasteiger partial charge < -0.3 is 9.42 Å². The van der Waals surface area contributed by atoms with Crippen LogP contribution in [0.4, 0.5) is 8.78 Å². The Morgan fingerprint density at radius 3 is 2.64 bits per heavy atom. The fourth-order valence-electron chi connectivity index (χ4n) is 3.52. The van der Waals surface area contributed by atoms with Crippen molar-refractivity contribution >= 4 is 5.91 Å². The van der Waals surface area contributed by atoms with Crippen LogP contribution in [0.15, 0.2) is 47.0 Å². The minimum atomic E-state index is -0.356. The second-order valence-electron chi connectivity index (χ2n) is 7.01. The first-order chi connectivity index (χ1) is 13.5. The SMILES string of the molecule is Cc1cc(F)ccc1C(=O)N1CCCC(c2noc(-c3ccc(F)cc3)n2)C1. The molecule has 1 aliphatic rings. The number of carbonyl (C=O) groups excluding carboxylic acids is 1. The molecule has 1 fully saturated rings. The Labute approximate surface area is 161 Å². The van der Waals surface area contributed by atoms with E-state index in [1.165, 1.54) is 30.3 Å². The molecule has 0 radical (unpaired) electrons. The van der Waals surface area contributed by atoms with Crippen LogP contribution in [-0.2, 0) is 0 Å². The number of likely N-dealkylation sites (tertiary alicyclic amines) is 1. The zero-order chi connectivity index (χ0) is 19.7. The number of aryl methyl sites for hydroxylation is 1. The number of benzene rings is 2. The molecule has 2 aromatic carbocycles. The first-order valence-corrected chi connectivity index (χ1v) is 9.16. The highest BCUT2D eigenvalue weighted by molar-refractivity contribution is 5.95. The van der Waals surface area contributed by atoms with Crippen LogP contribution in [0.25, 0.3) is 11.5 Å². The normalized spacial score (nSPS) is 17.0. The number of hydrogen-bond acceptors (Lipinski definition) is 4. The molecule has 0 aliphatic carbocycles. The van der Waals surface area contributed by atoms with E-state index in [9.17, 15) is 13.6 Å². The number of piperidine rings is 1. The summed E-state index contributed by atoms with van der Waals surface area (Å²) in [6.07, 6.45) is 1.66. The van der Waals surface area contributed by atoms with Gasteiger partial charge in [-0.15, -0.1) is 0 Å². The molecule has 0 bridgehead atoms. The summed E-state index contributed by atoms with van der Waals surface area (Å²) < 4.78 is 31.7. The lowest BCUT2D eigenvalue weighted by molar-refractivity contribution is 0.0703. The van der Waals surface area contributed by atoms with Crippen LogP contribution >= 0.6 is 0 Å². The number of hydrogen-bond donors (Lipinski definition) is 0. The number of nitrogens with zero attached hydrogens (tertiary/aromatic N) is 3. The van der Waals surface area contributed by atoms with E-state index >= 15 is 0 Å². The summed E-state index contributed by atoms with van der Waals surface area (Å²) in [4.78, 5) is 19.1. The van der Waals surface area contributed by atoms with Gasteiger partial charge in [-0.1, -0.05) is 5.16 Å². The molecule has 1 aromatic heterocycles. The molecule has 1 saturated heterocycles. The highest BCUT2D eigenvalue weighted by atomic mass is 19.1. The molecule has 7 heteroatoms. The van der Waals surface area contributed by atoms with Crippen molar-refractivity contribution in [1.82, 2.24) is 15.0 Å². The predicted octanol–water partition coefficient (Wildman–Crippen LogP) is 4.34. The standard InChI is InChI=1S/C21H19F2N3O2/c1-13-11-17(23)8-9-18(13)21(27)26-10-2-3-15(12-26)19-24-20(28-25-19)14-4-6-16(22)7-5-14/h4-9,11,15H,2-3,10,12H2,1H3. The fourth-order valence-corrected chi connectivity index (χ4v) is 3.52. The third-order valence-corrected chi connectivity index (χ3v) is 5.03. The van der Waals surface area contributed by atoms with Crippen LogP contribution in [0.1, 0.15) is 40.5 Å². The van der Waals surface area contributed by atoms with Crippen molar-refractivity contribution in [2.75, 3.05) is 13.1 Å². The maximum Gasteiger partial charge on any atom is 0.257 e. The Morgan fingerprint density at radius 2 is 1.89 bits per heavy atom. The van der Waals surface area contributed by atoms with Gasteiger partial charge in [0.2, 0.25) is 0 Å². The lowest BCUT2D eigenvalue weighted by atomic mass is 9.96. The molecular formula is C21H19F2N3O2. The van der Waals surface area contributed by atoms with Crippen LogP contribution in [-0.4, -0.2) is 34.0 Å². The highest BCUT2D eigenvalue weighted by Crippen LogP contribution is 2.28. The Balaban J connectivity index is 1.51. The number of aromatic nitrogens is 2. The van der Waals surface area contributed by atoms with Crippen molar-refractivity contribution in [2.45, 2.75) is 25.7 Å². The summed E-state index contributed by atoms with van der Waals surface area (Å²) in [5.74, 6) is 0.00744. The fraction of sp³-hybridized carbons (Fsp3) is 0.286. The summed E-state index contributed by atoms with van der Waals surface area (Å²) in [5, 5.41) is 4.07. The second-order valence-corrected chi connectivity index (χ2v) is 7.01. The third kappa shape index (κ3) is 3.65. The van der Waals surface area contributed by atoms with Crippen molar-refractivity contribution in [2.24, 2.45) is 0 Å². The molecule has 1 aliphatic heterocycles. The summed E-state index contributed by atoms with van der Waals surface area (Å²) in [5.41, 5.74) is 1.76. The first kappa shape index (κ1) is 18.3. The van der Waals surface area contributed by atoms with Gasteiger partial charge in [0.1, 0.15) is 11.6 Å². The first-order valence-electron chi connectivity index (χ1n) is 9.16. The minimum Gasteiger partial charge on any atom is -0.338 e. The van der Waals surface area contributed by atoms with Crippen molar-refractivity contribution < 1.29 is 18.1 Å². The zero-order valence-electron chi connectivity index (χ0n) is 15.4. The van der Waals surface area contributed by atoms with E-state index in [1.54, 1.807) is 24.0 Å². The van der Waals surface area contributed by atoms with Crippen LogP contribution in [0.3, 0.4) is 0 Å². The molecule has 5 nitrogen and oxygen atoms in total. The van der Waals surface area contributed by atoms with Crippen molar-refractivity contribution in [3.05, 3.63) is 71.1 Å². The Kier molecular flexibility index (Phi) is 4.90. The van der Waals surface area contributed by atoms with Crippen molar-refractivity contribution in [3.63, 3.8) is 0 Å². The van der Waals surface area contributed by atoms with Crippen molar-refractivity contribution in [3.8, 4) is 11.5 Å². The topological polar surface area (TPSA) is 59.2 Å². The second kappa shape index (κ2) is 7.50. The molecule has 1 unspecified atom stereocenters. The quantitative estimate of drug-likeness (QED) is 0.675. The molecule has 0 N–H and O–H groups in total. The van der Waals surface area contributed by atoms with E-state index in [1.807, 2.05) is 0 Å². The molecule has 1 atom stereocenters. The number of rotatable bonds is 3. The molecule has 0 saturated carbocycles. The lowest BCUT2D eigenvalue weighted by Crippen LogP contribution is -2.39. The average molecular weight is 383 g/mol. The Hall–Kier alpha value is -3.09. The molecule has 1 amide bonds. The summed E-state index contributed by atoms with van der Waals surface area (Å²) in [6, 6.07) is 10.0. The Morgan fingerprint density at radius 1 is 1.14 bits per heavy atom. The van der Waals surface area contributed by atoms with E-state index in [0.29, 0.717) is 41.5 Å². The average Bonchev–Trinajstić information content (AvgIpc) is 3.18. The van der Waals surface area contributed by atoms with Crippen molar-refractivity contribution in [1.29, 1.82) is 0 Å². The monoisotopic (exact) mass is 383 g/mol. The third-order valence-electron chi connectivity index (χ3n) is 5.03. The van der Waals surface area contributed by atoms with Gasteiger partial charge in [-0.05, 0) is 67.8 Å². The Bertz CT molecular complexity index is 1000. The number of amides is 1. The number of carbonyl (C=O) groups is 1. The van der Waals surface area contributed by atoms with E-state index < -0.39 is 0 Å². The largest absolute Gasteiger partial charge is 0.338 e. The summed E-state index contributed by atoms with van der Waals surface area (Å²) >= 11 is 0. The highest BCUT2D eigenvalue weighted by Gasteiger charge is 2.29.